The van der Waals surface area contributed by atoms with Crippen molar-refractivity contribution in [3.05, 3.63) is 36.2 Å². The number of hydrogen-bond donors (Lipinski definition) is 0. The van der Waals surface area contributed by atoms with Gasteiger partial charge in [0.1, 0.15) is 0 Å². The molecule has 0 aromatic carbocycles. The molecule has 0 aliphatic rings. The zero-order chi connectivity index (χ0) is 8.10. The minimum Gasteiger partial charge on any atom is -0.545 e. The van der Waals surface area contributed by atoms with Gasteiger partial charge in [-0.2, -0.15) is 0 Å². The largest absolute Gasteiger partial charge is 1.00 e. The van der Waals surface area contributed by atoms with E-state index in [1.165, 1.54) is 6.08 Å². The zero-order valence-corrected chi connectivity index (χ0v) is 8.73. The first-order valence-electron chi connectivity index (χ1n) is 3.08. The van der Waals surface area contributed by atoms with Crippen LogP contribution in [-0.4, -0.2) is 11.0 Å². The van der Waals surface area contributed by atoms with Crippen molar-refractivity contribution in [1.29, 1.82) is 0 Å². The van der Waals surface area contributed by atoms with Crippen LogP contribution in [0.25, 0.3) is 6.08 Å². The third-order valence-corrected chi connectivity index (χ3v) is 1.10. The summed E-state index contributed by atoms with van der Waals surface area (Å²) in [5, 5.41) is 9.95. The third-order valence-electron chi connectivity index (χ3n) is 1.10. The zero-order valence-electron chi connectivity index (χ0n) is 6.73. The first-order valence-corrected chi connectivity index (χ1v) is 3.08. The molecule has 0 aliphatic heterocycles. The van der Waals surface area contributed by atoms with E-state index in [0.717, 1.165) is 11.6 Å². The van der Waals surface area contributed by atoms with Crippen LogP contribution in [0.4, 0.5) is 0 Å². The molecule has 0 fully saturated rings. The quantitative estimate of drug-likeness (QED) is 0.349. The maximum atomic E-state index is 9.95. The smallest absolute Gasteiger partial charge is 0.545 e. The molecule has 0 spiro atoms. The van der Waals surface area contributed by atoms with Crippen molar-refractivity contribution in [1.82, 2.24) is 4.98 Å². The molecule has 0 aliphatic carbocycles. The Labute approximate surface area is 92.4 Å². The van der Waals surface area contributed by atoms with Gasteiger partial charge in [-0.1, -0.05) is 12.1 Å². The number of nitrogens with zero attached hydrogens (tertiary/aromatic N) is 1. The summed E-state index contributed by atoms with van der Waals surface area (Å²) in [5.41, 5.74) is 0.747. The first kappa shape index (κ1) is 11.4. The Morgan fingerprint density at radius 2 is 2.33 bits per heavy atom. The van der Waals surface area contributed by atoms with Gasteiger partial charge in [-0.3, -0.25) is 4.98 Å². The van der Waals surface area contributed by atoms with Gasteiger partial charge < -0.3 is 9.90 Å². The molecule has 0 N–H and O–H groups in total. The Morgan fingerprint density at radius 3 is 2.83 bits per heavy atom. The topological polar surface area (TPSA) is 53.0 Å². The Balaban J connectivity index is 0.00000121. The molecule has 12 heavy (non-hydrogen) atoms. The molecule has 3 nitrogen and oxygen atoms in total. The normalized spacial score (nSPS) is 9.33. The van der Waals surface area contributed by atoms with Gasteiger partial charge in [0.2, 0.25) is 0 Å². The summed E-state index contributed by atoms with van der Waals surface area (Å²) < 4.78 is 0. The molecule has 0 atom stereocenters. The van der Waals surface area contributed by atoms with Crippen molar-refractivity contribution >= 4 is 12.0 Å². The minimum atomic E-state index is -1.20. The number of rotatable bonds is 2. The predicted octanol–water partition coefficient (Wildman–Crippen LogP) is -3.15. The van der Waals surface area contributed by atoms with Crippen molar-refractivity contribution in [3.8, 4) is 0 Å². The van der Waals surface area contributed by atoms with Crippen molar-refractivity contribution in [2.24, 2.45) is 0 Å². The molecule has 1 aromatic heterocycles. The van der Waals surface area contributed by atoms with E-state index in [0.29, 0.717) is 0 Å². The SMILES string of the molecule is O=C([O-])C=Cc1cccnc1.[Na+]. The molecular weight excluding hydrogens is 165 g/mol. The van der Waals surface area contributed by atoms with Crippen LogP contribution in [0.15, 0.2) is 30.6 Å². The van der Waals surface area contributed by atoms with E-state index in [1.54, 1.807) is 24.5 Å². The Bertz CT molecular complexity index is 272. The van der Waals surface area contributed by atoms with Gasteiger partial charge in [-0.05, 0) is 17.7 Å². The molecular formula is C8H6NNaO2. The van der Waals surface area contributed by atoms with E-state index < -0.39 is 5.97 Å². The molecule has 0 amide bonds. The summed E-state index contributed by atoms with van der Waals surface area (Å²) >= 11 is 0. The average molecular weight is 171 g/mol. The van der Waals surface area contributed by atoms with Gasteiger partial charge in [0.15, 0.2) is 0 Å². The maximum absolute atomic E-state index is 9.95. The van der Waals surface area contributed by atoms with Crippen LogP contribution in [0.1, 0.15) is 5.56 Å². The summed E-state index contributed by atoms with van der Waals surface area (Å²) in [5.74, 6) is -1.20. The molecule has 56 valence electrons. The fourth-order valence-electron chi connectivity index (χ4n) is 0.639. The first-order chi connectivity index (χ1) is 5.29. The number of pyridine rings is 1. The van der Waals surface area contributed by atoms with Gasteiger partial charge >= 0.3 is 29.6 Å². The predicted molar refractivity (Wildman–Crippen MR) is 38.3 cm³/mol. The van der Waals surface area contributed by atoms with E-state index in [2.05, 4.69) is 4.98 Å². The number of hydrogen-bond acceptors (Lipinski definition) is 3. The molecule has 1 rings (SSSR count). The van der Waals surface area contributed by atoms with Crippen molar-refractivity contribution in [2.75, 3.05) is 0 Å². The molecule has 0 unspecified atom stereocenters. The fourth-order valence-corrected chi connectivity index (χ4v) is 0.639. The van der Waals surface area contributed by atoms with E-state index in [4.69, 9.17) is 0 Å². The summed E-state index contributed by atoms with van der Waals surface area (Å²) in [6.45, 7) is 0. The van der Waals surface area contributed by atoms with Gasteiger partial charge in [0.25, 0.3) is 0 Å². The Kier molecular flexibility index (Phi) is 5.62. The average Bonchev–Trinajstić information content (AvgIpc) is 2.03. The van der Waals surface area contributed by atoms with Crippen LogP contribution in [0, 0.1) is 0 Å². The van der Waals surface area contributed by atoms with Crippen LogP contribution in [0.5, 0.6) is 0 Å². The van der Waals surface area contributed by atoms with E-state index >= 15 is 0 Å². The van der Waals surface area contributed by atoms with Crippen LogP contribution in [0.2, 0.25) is 0 Å². The standard InChI is InChI=1S/C8H7NO2.Na/c10-8(11)4-3-7-2-1-5-9-6-7;/h1-6H,(H,10,11);/q;+1/p-1. The Morgan fingerprint density at radius 1 is 1.58 bits per heavy atom. The van der Waals surface area contributed by atoms with Crippen LogP contribution < -0.4 is 34.7 Å². The number of carbonyl (C=O) groups is 1. The van der Waals surface area contributed by atoms with Gasteiger partial charge in [-0.15, -0.1) is 0 Å². The molecule has 0 bridgehead atoms. The maximum Gasteiger partial charge on any atom is 1.00 e. The summed E-state index contributed by atoms with van der Waals surface area (Å²) in [4.78, 5) is 13.8. The number of aliphatic carboxylic acids is 1. The van der Waals surface area contributed by atoms with Crippen molar-refractivity contribution in [3.63, 3.8) is 0 Å². The molecule has 4 heteroatoms. The molecule has 1 aromatic rings. The van der Waals surface area contributed by atoms with Gasteiger partial charge in [-0.25, -0.2) is 0 Å². The monoisotopic (exact) mass is 171 g/mol. The number of carboxylic acid groups (broad SMARTS) is 1. The second-order valence-corrected chi connectivity index (χ2v) is 1.94. The van der Waals surface area contributed by atoms with Crippen molar-refractivity contribution < 1.29 is 39.5 Å². The number of carboxylic acids is 1. The number of carbonyl (C=O) groups excluding carboxylic acids is 1. The Hall–Kier alpha value is -0.640. The van der Waals surface area contributed by atoms with Crippen LogP contribution >= 0.6 is 0 Å². The molecule has 0 radical (unpaired) electrons. The second kappa shape index (κ2) is 5.94. The summed E-state index contributed by atoms with van der Waals surface area (Å²) in [6, 6.07) is 3.49. The minimum absolute atomic E-state index is 0. The van der Waals surface area contributed by atoms with Crippen molar-refractivity contribution in [2.45, 2.75) is 0 Å². The number of aromatic nitrogens is 1. The third kappa shape index (κ3) is 4.28. The van der Waals surface area contributed by atoms with E-state index in [-0.39, 0.29) is 29.6 Å². The molecule has 0 saturated heterocycles. The van der Waals surface area contributed by atoms with Crippen LogP contribution in [0.3, 0.4) is 0 Å². The van der Waals surface area contributed by atoms with E-state index in [1.807, 2.05) is 0 Å². The van der Waals surface area contributed by atoms with Gasteiger partial charge in [0, 0.05) is 12.4 Å². The van der Waals surface area contributed by atoms with Crippen LogP contribution in [-0.2, 0) is 4.79 Å². The summed E-state index contributed by atoms with van der Waals surface area (Å²) in [7, 11) is 0. The summed E-state index contributed by atoms with van der Waals surface area (Å²) in [6.07, 6.45) is 5.59. The second-order valence-electron chi connectivity index (χ2n) is 1.94. The van der Waals surface area contributed by atoms with Gasteiger partial charge in [0.05, 0.1) is 5.97 Å². The fraction of sp³-hybridized carbons (Fsp3) is 0. The molecule has 0 saturated carbocycles. The molecule has 1 heterocycles. The van der Waals surface area contributed by atoms with E-state index in [9.17, 15) is 9.90 Å².